The molecule has 1 N–H and O–H groups in total. The molecule has 2 aliphatic rings. The van der Waals surface area contributed by atoms with Crippen molar-refractivity contribution in [1.29, 1.82) is 0 Å². The van der Waals surface area contributed by atoms with E-state index < -0.39 is 6.10 Å². The van der Waals surface area contributed by atoms with E-state index in [1.165, 1.54) is 27.6 Å². The number of fused-ring (bicyclic) bond motifs is 3. The Morgan fingerprint density at radius 1 is 1.06 bits per heavy atom. The van der Waals surface area contributed by atoms with Crippen LogP contribution < -0.4 is 4.74 Å². The van der Waals surface area contributed by atoms with Gasteiger partial charge in [-0.15, -0.1) is 0 Å². The number of nitrogens with one attached hydrogen (secondary N) is 1. The lowest BCUT2D eigenvalue weighted by atomic mass is 10.1. The number of aromatic nitrogens is 2. The van der Waals surface area contributed by atoms with Gasteiger partial charge in [-0.25, -0.2) is 4.79 Å². The number of pyridine rings is 2. The quantitative estimate of drug-likeness (QED) is 0.254. The lowest BCUT2D eigenvalue weighted by Crippen LogP contribution is -2.28. The second-order valence-corrected chi connectivity index (χ2v) is 7.85. The minimum absolute atomic E-state index is 0.320. The van der Waals surface area contributed by atoms with Crippen molar-refractivity contribution in [2.75, 3.05) is 19.8 Å². The highest BCUT2D eigenvalue weighted by molar-refractivity contribution is 6.04. The molecular formula is C27H30N2O4. The molecule has 33 heavy (non-hydrogen) atoms. The van der Waals surface area contributed by atoms with Gasteiger partial charge >= 0.3 is 5.97 Å². The van der Waals surface area contributed by atoms with Gasteiger partial charge in [0.2, 0.25) is 0 Å². The normalized spacial score (nSPS) is 12.2. The van der Waals surface area contributed by atoms with Crippen LogP contribution >= 0.6 is 0 Å². The Labute approximate surface area is 194 Å². The molecule has 2 aromatic rings. The smallest absolute Gasteiger partial charge is 0.335 e. The molecule has 0 saturated heterocycles. The zero-order chi connectivity index (χ0) is 23.0. The monoisotopic (exact) mass is 446 g/mol. The number of aromatic amines is 1. The summed E-state index contributed by atoms with van der Waals surface area (Å²) in [6.07, 6.45) is 7.45. The Bertz CT molecular complexity index is 1150. The van der Waals surface area contributed by atoms with Crippen LogP contribution in [0.5, 0.6) is 5.75 Å². The fraction of sp³-hybridized carbons (Fsp3) is 0.333. The van der Waals surface area contributed by atoms with E-state index in [1.807, 2.05) is 55.8 Å². The molecule has 0 bridgehead atoms. The minimum atomic E-state index is -0.581. The number of carbonyl (C=O) groups is 1. The number of benzene rings is 1. The van der Waals surface area contributed by atoms with Crippen LogP contribution in [0.3, 0.4) is 0 Å². The number of H-pyrrole nitrogens is 1. The third-order valence-corrected chi connectivity index (χ3v) is 5.70. The topological polar surface area (TPSA) is 73.4 Å². The van der Waals surface area contributed by atoms with E-state index >= 15 is 0 Å². The molecule has 0 amide bonds. The van der Waals surface area contributed by atoms with Gasteiger partial charge < -0.3 is 19.2 Å². The molecule has 0 spiro atoms. The number of ether oxygens (including phenoxy) is 3. The van der Waals surface area contributed by atoms with Crippen molar-refractivity contribution >= 4 is 16.7 Å². The van der Waals surface area contributed by atoms with Crippen molar-refractivity contribution in [2.24, 2.45) is 0 Å². The van der Waals surface area contributed by atoms with E-state index in [9.17, 15) is 4.79 Å². The van der Waals surface area contributed by atoms with Crippen LogP contribution in [0.1, 0.15) is 31.4 Å². The SMILES string of the molecule is CCOC(=O)C(Cc1ccc(OCCCc2c3[nH]cccc-3c3ccncc23)cc1)OCC. The zero-order valence-electron chi connectivity index (χ0n) is 19.2. The number of aryl methyl sites for hydroxylation is 1. The molecule has 1 unspecified atom stereocenters. The summed E-state index contributed by atoms with van der Waals surface area (Å²) in [4.78, 5) is 19.8. The van der Waals surface area contributed by atoms with Crippen LogP contribution in [0.4, 0.5) is 0 Å². The van der Waals surface area contributed by atoms with E-state index in [4.69, 9.17) is 14.2 Å². The standard InChI is InChI=1S/C27H30N2O4/c1-3-31-25(27(30)32-4-2)17-19-9-11-20(12-10-19)33-16-6-8-23-24-18-28-15-13-21(24)22-7-5-14-29-26(22)23/h5,7,9-15,18,25,29H,3-4,6,8,16-17H2,1-2H3. The molecule has 0 radical (unpaired) electrons. The summed E-state index contributed by atoms with van der Waals surface area (Å²) in [5, 5.41) is 2.43. The lowest BCUT2D eigenvalue weighted by Gasteiger charge is -2.15. The Kier molecular flexibility index (Phi) is 7.58. The van der Waals surface area contributed by atoms with Crippen LogP contribution in [0.25, 0.3) is 22.0 Å². The van der Waals surface area contributed by atoms with Gasteiger partial charge in [-0.1, -0.05) is 18.2 Å². The molecule has 4 rings (SSSR count). The summed E-state index contributed by atoms with van der Waals surface area (Å²) in [6, 6.07) is 14.1. The van der Waals surface area contributed by atoms with E-state index in [0.29, 0.717) is 26.2 Å². The number of hydrogen-bond acceptors (Lipinski definition) is 5. The second kappa shape index (κ2) is 11.0. The van der Waals surface area contributed by atoms with Gasteiger partial charge in [0.1, 0.15) is 5.75 Å². The Hall–Kier alpha value is -3.38. The van der Waals surface area contributed by atoms with Crippen molar-refractivity contribution in [3.05, 3.63) is 72.2 Å². The van der Waals surface area contributed by atoms with Crippen LogP contribution in [0.2, 0.25) is 0 Å². The van der Waals surface area contributed by atoms with E-state index in [0.717, 1.165) is 24.2 Å². The molecule has 1 aromatic heterocycles. The molecule has 6 nitrogen and oxygen atoms in total. The van der Waals surface area contributed by atoms with E-state index in [1.54, 1.807) is 6.92 Å². The van der Waals surface area contributed by atoms with Crippen LogP contribution in [-0.2, 0) is 27.1 Å². The van der Waals surface area contributed by atoms with Crippen LogP contribution in [-0.4, -0.2) is 41.9 Å². The van der Waals surface area contributed by atoms with Gasteiger partial charge in [0.05, 0.1) is 13.2 Å². The van der Waals surface area contributed by atoms with Gasteiger partial charge in [-0.2, -0.15) is 0 Å². The molecule has 1 aliphatic carbocycles. The van der Waals surface area contributed by atoms with E-state index in [-0.39, 0.29) is 5.97 Å². The number of hydrogen-bond donors (Lipinski definition) is 1. The highest BCUT2D eigenvalue weighted by Crippen LogP contribution is 2.37. The maximum absolute atomic E-state index is 12.1. The molecule has 6 heteroatoms. The largest absolute Gasteiger partial charge is 0.494 e. The third kappa shape index (κ3) is 5.34. The summed E-state index contributed by atoms with van der Waals surface area (Å²) in [7, 11) is 0. The average Bonchev–Trinajstić information content (AvgIpc) is 3.16. The average molecular weight is 447 g/mol. The molecule has 0 fully saturated rings. The highest BCUT2D eigenvalue weighted by Gasteiger charge is 2.20. The molecular weight excluding hydrogens is 416 g/mol. The Morgan fingerprint density at radius 2 is 1.91 bits per heavy atom. The molecule has 1 aromatic carbocycles. The lowest BCUT2D eigenvalue weighted by molar-refractivity contribution is -0.156. The van der Waals surface area contributed by atoms with Gasteiger partial charge in [-0.05, 0) is 67.5 Å². The maximum Gasteiger partial charge on any atom is 0.335 e. The molecule has 1 atom stereocenters. The third-order valence-electron chi connectivity index (χ3n) is 5.70. The molecule has 2 heterocycles. The fourth-order valence-corrected chi connectivity index (χ4v) is 4.20. The number of nitrogens with zero attached hydrogens (tertiary/aromatic N) is 1. The predicted octanol–water partition coefficient (Wildman–Crippen LogP) is 5.19. The Balaban J connectivity index is 1.33. The summed E-state index contributed by atoms with van der Waals surface area (Å²) < 4.78 is 16.6. The first-order valence-electron chi connectivity index (χ1n) is 11.5. The van der Waals surface area contributed by atoms with Crippen molar-refractivity contribution in [3.63, 3.8) is 0 Å². The Morgan fingerprint density at radius 3 is 2.70 bits per heavy atom. The fourth-order valence-electron chi connectivity index (χ4n) is 4.20. The van der Waals surface area contributed by atoms with Crippen LogP contribution in [0.15, 0.2) is 61.1 Å². The second-order valence-electron chi connectivity index (χ2n) is 7.85. The number of carbonyl (C=O) groups excluding carboxylic acids is 1. The maximum atomic E-state index is 12.1. The highest BCUT2D eigenvalue weighted by atomic mass is 16.6. The molecule has 1 aliphatic heterocycles. The first-order chi connectivity index (χ1) is 16.2. The first-order valence-corrected chi connectivity index (χ1v) is 11.5. The van der Waals surface area contributed by atoms with Crippen molar-refractivity contribution in [1.82, 2.24) is 9.97 Å². The zero-order valence-corrected chi connectivity index (χ0v) is 19.2. The van der Waals surface area contributed by atoms with Crippen molar-refractivity contribution < 1.29 is 19.0 Å². The van der Waals surface area contributed by atoms with Gasteiger partial charge in [-0.3, -0.25) is 4.98 Å². The van der Waals surface area contributed by atoms with Crippen LogP contribution in [0, 0.1) is 0 Å². The number of rotatable bonds is 11. The predicted molar refractivity (Wildman–Crippen MR) is 129 cm³/mol. The summed E-state index contributed by atoms with van der Waals surface area (Å²) in [5.74, 6) is 0.493. The van der Waals surface area contributed by atoms with Gasteiger partial charge in [0.15, 0.2) is 6.10 Å². The summed E-state index contributed by atoms with van der Waals surface area (Å²) in [6.45, 7) is 5.10. The minimum Gasteiger partial charge on any atom is -0.494 e. The van der Waals surface area contributed by atoms with Gasteiger partial charge in [0, 0.05) is 48.3 Å². The summed E-state index contributed by atoms with van der Waals surface area (Å²) in [5.41, 5.74) is 4.70. The van der Waals surface area contributed by atoms with Gasteiger partial charge in [0.25, 0.3) is 0 Å². The summed E-state index contributed by atoms with van der Waals surface area (Å²) >= 11 is 0. The van der Waals surface area contributed by atoms with E-state index in [2.05, 4.69) is 22.1 Å². The molecule has 0 saturated carbocycles. The van der Waals surface area contributed by atoms with Crippen molar-refractivity contribution in [3.8, 4) is 17.0 Å². The van der Waals surface area contributed by atoms with Crippen molar-refractivity contribution in [2.45, 2.75) is 39.2 Å². The first kappa shape index (κ1) is 22.8. The molecule has 172 valence electrons. The number of esters is 1.